The predicted molar refractivity (Wildman–Crippen MR) is 103 cm³/mol. The van der Waals surface area contributed by atoms with Crippen LogP contribution in [0.15, 0.2) is 48.5 Å². The van der Waals surface area contributed by atoms with Gasteiger partial charge in [0.2, 0.25) is 0 Å². The van der Waals surface area contributed by atoms with Crippen molar-refractivity contribution in [2.75, 3.05) is 0 Å². The molecule has 1 heterocycles. The summed E-state index contributed by atoms with van der Waals surface area (Å²) in [6.45, 7) is 1.55. The number of halogens is 2. The van der Waals surface area contributed by atoms with Crippen molar-refractivity contribution in [1.29, 1.82) is 0 Å². The molecule has 0 fully saturated rings. The summed E-state index contributed by atoms with van der Waals surface area (Å²) in [7, 11) is 0. The lowest BCUT2D eigenvalue weighted by atomic mass is 10.0. The number of rotatable bonds is 7. The average molecular weight is 387 g/mol. The molecule has 1 N–H and O–H groups in total. The Hall–Kier alpha value is -2.50. The fourth-order valence-electron chi connectivity index (χ4n) is 2.98. The molecule has 0 saturated carbocycles. The molecule has 0 radical (unpaired) electrons. The fourth-order valence-corrected chi connectivity index (χ4v) is 3.16. The Morgan fingerprint density at radius 1 is 1.22 bits per heavy atom. The lowest BCUT2D eigenvalue weighted by molar-refractivity contribution is -0.118. The minimum absolute atomic E-state index is 0.0163. The summed E-state index contributed by atoms with van der Waals surface area (Å²) >= 11 is 6.06. The molecule has 0 amide bonds. The van der Waals surface area contributed by atoms with Crippen molar-refractivity contribution in [3.63, 3.8) is 0 Å². The lowest BCUT2D eigenvalue weighted by Gasteiger charge is -2.08. The van der Waals surface area contributed by atoms with E-state index in [1.807, 2.05) is 31.2 Å². The predicted octanol–water partition coefficient (Wildman–Crippen LogP) is 4.21. The van der Waals surface area contributed by atoms with Crippen LogP contribution in [-0.4, -0.2) is 20.7 Å². The van der Waals surface area contributed by atoms with Crippen LogP contribution >= 0.6 is 11.6 Å². The smallest absolute Gasteiger partial charge is 0.137 e. The Morgan fingerprint density at radius 2 is 2.04 bits per heavy atom. The molecule has 0 saturated heterocycles. The molecule has 0 aliphatic heterocycles. The molecule has 2 aromatic carbocycles. The molecular formula is C21H20ClFN2O2. The maximum atomic E-state index is 13.7. The number of aliphatic hydroxyl groups is 1. The van der Waals surface area contributed by atoms with E-state index in [4.69, 9.17) is 16.7 Å². The second kappa shape index (κ2) is 8.46. The number of carbonyl (C=O) groups is 1. The van der Waals surface area contributed by atoms with Crippen LogP contribution in [0.4, 0.5) is 4.39 Å². The van der Waals surface area contributed by atoms with Crippen LogP contribution in [0, 0.1) is 12.7 Å². The second-order valence-corrected chi connectivity index (χ2v) is 6.90. The monoisotopic (exact) mass is 386 g/mol. The highest BCUT2D eigenvalue weighted by molar-refractivity contribution is 6.30. The van der Waals surface area contributed by atoms with Crippen LogP contribution in [0.2, 0.25) is 5.02 Å². The highest BCUT2D eigenvalue weighted by atomic mass is 35.5. The topological polar surface area (TPSA) is 55.1 Å². The normalized spacial score (nSPS) is 11.0. The number of aliphatic hydroxyl groups excluding tert-OH is 1. The quantitative estimate of drug-likeness (QED) is 0.661. The van der Waals surface area contributed by atoms with Gasteiger partial charge in [-0.1, -0.05) is 29.8 Å². The molecule has 0 spiro atoms. The highest BCUT2D eigenvalue weighted by Gasteiger charge is 2.12. The zero-order chi connectivity index (χ0) is 19.4. The average Bonchev–Trinajstić information content (AvgIpc) is 3.01. The summed E-state index contributed by atoms with van der Waals surface area (Å²) in [4.78, 5) is 12.3. The molecular weight excluding hydrogens is 367 g/mol. The van der Waals surface area contributed by atoms with Crippen LogP contribution in [0.5, 0.6) is 0 Å². The summed E-state index contributed by atoms with van der Waals surface area (Å²) in [6, 6.07) is 13.8. The van der Waals surface area contributed by atoms with Gasteiger partial charge in [-0.3, -0.25) is 4.79 Å². The molecule has 0 aliphatic carbocycles. The SMILES string of the molecule is Cc1cc(CCC(=O)Cc2ccc(CO)c(F)c2)n(-c2cccc(Cl)c2)n1. The van der Waals surface area contributed by atoms with E-state index < -0.39 is 5.82 Å². The number of nitrogens with zero attached hydrogens (tertiary/aromatic N) is 2. The number of hydrogen-bond donors (Lipinski definition) is 1. The van der Waals surface area contributed by atoms with Crippen molar-refractivity contribution in [3.05, 3.63) is 81.9 Å². The first-order valence-electron chi connectivity index (χ1n) is 8.67. The van der Waals surface area contributed by atoms with E-state index in [-0.39, 0.29) is 24.4 Å². The van der Waals surface area contributed by atoms with Gasteiger partial charge in [0.05, 0.1) is 18.0 Å². The van der Waals surface area contributed by atoms with Crippen molar-refractivity contribution in [2.45, 2.75) is 32.8 Å². The molecule has 140 valence electrons. The van der Waals surface area contributed by atoms with Crippen molar-refractivity contribution in [2.24, 2.45) is 0 Å². The van der Waals surface area contributed by atoms with E-state index in [1.54, 1.807) is 16.8 Å². The molecule has 3 aromatic rings. The van der Waals surface area contributed by atoms with Gasteiger partial charge in [0.15, 0.2) is 0 Å². The summed E-state index contributed by atoms with van der Waals surface area (Å²) in [5.41, 5.74) is 3.46. The van der Waals surface area contributed by atoms with Gasteiger partial charge in [-0.15, -0.1) is 0 Å². The molecule has 0 atom stereocenters. The number of hydrogen-bond acceptors (Lipinski definition) is 3. The Morgan fingerprint density at radius 3 is 2.74 bits per heavy atom. The second-order valence-electron chi connectivity index (χ2n) is 6.47. The van der Waals surface area contributed by atoms with Gasteiger partial charge in [-0.05, 0) is 49.2 Å². The molecule has 0 bridgehead atoms. The minimum atomic E-state index is -0.488. The first kappa shape index (κ1) is 19.3. The Balaban J connectivity index is 1.68. The molecule has 0 unspecified atom stereocenters. The van der Waals surface area contributed by atoms with E-state index in [2.05, 4.69) is 5.10 Å². The number of Topliss-reactive ketones (excluding diaryl/α,β-unsaturated/α-hetero) is 1. The van der Waals surface area contributed by atoms with Crippen molar-refractivity contribution < 1.29 is 14.3 Å². The van der Waals surface area contributed by atoms with E-state index in [0.29, 0.717) is 23.4 Å². The third-order valence-corrected chi connectivity index (χ3v) is 4.54. The summed E-state index contributed by atoms with van der Waals surface area (Å²) in [5.74, 6) is -0.472. The Bertz CT molecular complexity index is 969. The van der Waals surface area contributed by atoms with Crippen molar-refractivity contribution >= 4 is 17.4 Å². The van der Waals surface area contributed by atoms with Crippen LogP contribution in [0.25, 0.3) is 5.69 Å². The molecule has 4 nitrogen and oxygen atoms in total. The van der Waals surface area contributed by atoms with Crippen molar-refractivity contribution in [1.82, 2.24) is 9.78 Å². The van der Waals surface area contributed by atoms with Gasteiger partial charge in [-0.2, -0.15) is 5.10 Å². The number of benzene rings is 2. The third kappa shape index (κ3) is 4.81. The Kier molecular flexibility index (Phi) is 6.04. The Labute approximate surface area is 162 Å². The summed E-state index contributed by atoms with van der Waals surface area (Å²) in [5, 5.41) is 14.1. The fraction of sp³-hybridized carbons (Fsp3) is 0.238. The largest absolute Gasteiger partial charge is 0.392 e. The van der Waals surface area contributed by atoms with E-state index in [0.717, 1.165) is 17.1 Å². The van der Waals surface area contributed by atoms with Gasteiger partial charge in [-0.25, -0.2) is 9.07 Å². The molecule has 3 rings (SSSR count). The van der Waals surface area contributed by atoms with E-state index >= 15 is 0 Å². The molecule has 6 heteroatoms. The standard InChI is InChI=1S/C21H20ClFN2O2/c1-14-9-19(25(24-14)18-4-2-3-17(22)12-18)7-8-20(27)10-15-5-6-16(13-26)21(23)11-15/h2-6,9,11-12,26H,7-8,10,13H2,1H3. The highest BCUT2D eigenvalue weighted by Crippen LogP contribution is 2.19. The first-order chi connectivity index (χ1) is 13.0. The van der Waals surface area contributed by atoms with Gasteiger partial charge in [0.25, 0.3) is 0 Å². The number of aryl methyl sites for hydroxylation is 2. The maximum Gasteiger partial charge on any atom is 0.137 e. The van der Waals surface area contributed by atoms with Crippen LogP contribution in [0.1, 0.15) is 28.9 Å². The van der Waals surface area contributed by atoms with Crippen LogP contribution in [0.3, 0.4) is 0 Å². The lowest BCUT2D eigenvalue weighted by Crippen LogP contribution is -2.08. The van der Waals surface area contributed by atoms with E-state index in [1.165, 1.54) is 12.1 Å². The maximum absolute atomic E-state index is 13.7. The number of carbonyl (C=O) groups excluding carboxylic acids is 1. The van der Waals surface area contributed by atoms with Gasteiger partial charge in [0, 0.05) is 29.1 Å². The molecule has 27 heavy (non-hydrogen) atoms. The molecule has 0 aliphatic rings. The first-order valence-corrected chi connectivity index (χ1v) is 9.05. The minimum Gasteiger partial charge on any atom is -0.392 e. The van der Waals surface area contributed by atoms with Gasteiger partial charge >= 0.3 is 0 Å². The van der Waals surface area contributed by atoms with Crippen molar-refractivity contribution in [3.8, 4) is 5.69 Å². The number of ketones is 1. The zero-order valence-corrected chi connectivity index (χ0v) is 15.7. The van der Waals surface area contributed by atoms with Crippen LogP contribution < -0.4 is 0 Å². The van der Waals surface area contributed by atoms with Gasteiger partial charge in [0.1, 0.15) is 11.6 Å². The zero-order valence-electron chi connectivity index (χ0n) is 15.0. The summed E-state index contributed by atoms with van der Waals surface area (Å²) in [6.07, 6.45) is 1.02. The molecule has 1 aromatic heterocycles. The number of aromatic nitrogens is 2. The van der Waals surface area contributed by atoms with Gasteiger partial charge < -0.3 is 5.11 Å². The third-order valence-electron chi connectivity index (χ3n) is 4.31. The summed E-state index contributed by atoms with van der Waals surface area (Å²) < 4.78 is 15.5. The van der Waals surface area contributed by atoms with E-state index in [9.17, 15) is 9.18 Å². The van der Waals surface area contributed by atoms with Crippen LogP contribution in [-0.2, 0) is 24.2 Å².